The molecule has 1 aliphatic rings. The quantitative estimate of drug-likeness (QED) is 0.214. The number of amides is 3. The molecule has 3 amide bonds. The van der Waals surface area contributed by atoms with Crippen molar-refractivity contribution in [3.63, 3.8) is 0 Å². The Kier molecular flexibility index (Phi) is 11.9. The average molecular weight is 688 g/mol. The van der Waals surface area contributed by atoms with Gasteiger partial charge in [0.2, 0.25) is 5.91 Å². The van der Waals surface area contributed by atoms with Crippen LogP contribution in [0.1, 0.15) is 39.8 Å². The number of carbonyl (C=O) groups excluding carboxylic acids is 3. The lowest BCUT2D eigenvalue weighted by molar-refractivity contribution is -0.133. The molecular weight excluding hydrogens is 646 g/mol. The number of anilines is 1. The first kappa shape index (κ1) is 35.4. The van der Waals surface area contributed by atoms with E-state index in [1.165, 1.54) is 0 Å². The Bertz CT molecular complexity index is 1840. The van der Waals surface area contributed by atoms with E-state index in [4.69, 9.17) is 20.8 Å². The number of piperazine rings is 1. The van der Waals surface area contributed by atoms with E-state index in [2.05, 4.69) is 15.5 Å². The number of para-hydroxylation sites is 1. The van der Waals surface area contributed by atoms with E-state index >= 15 is 0 Å². The first-order valence-corrected chi connectivity index (χ1v) is 16.8. The van der Waals surface area contributed by atoms with Gasteiger partial charge in [0.25, 0.3) is 11.8 Å². The van der Waals surface area contributed by atoms with E-state index in [1.807, 2.05) is 56.3 Å². The molecular formula is C37H42ClN5O6. The Balaban J connectivity index is 1.31. The molecule has 3 aromatic carbocycles. The molecule has 1 fully saturated rings. The maximum Gasteiger partial charge on any atom is 0.287 e. The van der Waals surface area contributed by atoms with Crippen LogP contribution in [0.2, 0.25) is 5.02 Å². The van der Waals surface area contributed by atoms with Crippen LogP contribution < -0.4 is 25.7 Å². The zero-order valence-corrected chi connectivity index (χ0v) is 28.8. The molecule has 4 aromatic rings. The normalized spacial score (nSPS) is 13.7. The van der Waals surface area contributed by atoms with Crippen LogP contribution in [0.4, 0.5) is 5.69 Å². The zero-order chi connectivity index (χ0) is 34.9. The molecule has 0 bridgehead atoms. The number of likely N-dealkylation sites (N-methyl/N-ethyl adjacent to an activating group) is 1. The summed E-state index contributed by atoms with van der Waals surface area (Å²) in [7, 11) is 3.90. The highest BCUT2D eigenvalue weighted by Gasteiger charge is 2.31. The Hall–Kier alpha value is -4.87. The zero-order valence-electron chi connectivity index (χ0n) is 28.0. The number of hydrogen-bond acceptors (Lipinski definition) is 8. The molecule has 1 atom stereocenters. The van der Waals surface area contributed by atoms with Crippen LogP contribution in [0, 0.1) is 0 Å². The third-order valence-corrected chi connectivity index (χ3v) is 8.53. The number of halogens is 1. The highest BCUT2D eigenvalue weighted by molar-refractivity contribution is 6.30. The van der Waals surface area contributed by atoms with Crippen molar-refractivity contribution in [3.8, 4) is 5.75 Å². The maximum absolute atomic E-state index is 14.0. The number of nitrogens with zero attached hydrogens (tertiary/aromatic N) is 3. The molecule has 1 aromatic heterocycles. The fourth-order valence-electron chi connectivity index (χ4n) is 5.66. The Morgan fingerprint density at radius 2 is 1.69 bits per heavy atom. The summed E-state index contributed by atoms with van der Waals surface area (Å²) in [4.78, 5) is 59.4. The molecule has 5 rings (SSSR count). The van der Waals surface area contributed by atoms with E-state index in [-0.39, 0.29) is 29.6 Å². The van der Waals surface area contributed by atoms with Crippen molar-refractivity contribution in [2.45, 2.75) is 25.8 Å². The number of hydrogen-bond donors (Lipinski definition) is 2. The fourth-order valence-corrected chi connectivity index (χ4v) is 5.79. The predicted octanol–water partition coefficient (Wildman–Crippen LogP) is 4.22. The lowest BCUT2D eigenvalue weighted by Gasteiger charge is -2.38. The Labute approximate surface area is 290 Å². The number of benzene rings is 3. The first-order chi connectivity index (χ1) is 23.6. The molecule has 1 saturated heterocycles. The van der Waals surface area contributed by atoms with Gasteiger partial charge in [-0.05, 0) is 68.5 Å². The standard InChI is InChI=1S/C37H42ClN5O6/c1-4-21-48-27-13-14-33-29(23-27)32(44)24-34(49-33)36(46)40-30(22-25-9-11-26(38)12-10-25)37(47)43-19-17-42(18-20-43)31-8-6-5-7-28(31)35(45)39-15-16-41(2)3/h5-14,23-24,30H,4,15-22H2,1-3H3,(H,39,45)(H,40,46)/t30-/m1/s1. The Morgan fingerprint density at radius 3 is 2.41 bits per heavy atom. The van der Waals surface area contributed by atoms with Crippen molar-refractivity contribution >= 4 is 46.0 Å². The molecule has 2 N–H and O–H groups in total. The van der Waals surface area contributed by atoms with Crippen molar-refractivity contribution < 1.29 is 23.5 Å². The van der Waals surface area contributed by atoms with Gasteiger partial charge >= 0.3 is 0 Å². The smallest absolute Gasteiger partial charge is 0.287 e. The third kappa shape index (κ3) is 9.18. The average Bonchev–Trinajstić information content (AvgIpc) is 3.11. The topological polar surface area (TPSA) is 124 Å². The molecule has 0 radical (unpaired) electrons. The van der Waals surface area contributed by atoms with E-state index in [0.29, 0.717) is 61.1 Å². The third-order valence-electron chi connectivity index (χ3n) is 8.28. The summed E-state index contributed by atoms with van der Waals surface area (Å²) in [5.41, 5.74) is 2.03. The second-order valence-corrected chi connectivity index (χ2v) is 12.7. The summed E-state index contributed by atoms with van der Waals surface area (Å²) < 4.78 is 11.5. The van der Waals surface area contributed by atoms with Crippen LogP contribution in [-0.4, -0.2) is 93.5 Å². The minimum atomic E-state index is -0.944. The van der Waals surface area contributed by atoms with Crippen LogP contribution in [-0.2, 0) is 11.2 Å². The number of nitrogens with one attached hydrogen (secondary N) is 2. The maximum atomic E-state index is 14.0. The van der Waals surface area contributed by atoms with Crippen LogP contribution in [0.3, 0.4) is 0 Å². The summed E-state index contributed by atoms with van der Waals surface area (Å²) >= 11 is 6.10. The minimum Gasteiger partial charge on any atom is -0.494 e. The van der Waals surface area contributed by atoms with Crippen molar-refractivity contribution in [2.75, 3.05) is 64.9 Å². The molecule has 0 spiro atoms. The molecule has 0 aliphatic carbocycles. The minimum absolute atomic E-state index is 0.146. The van der Waals surface area contributed by atoms with Gasteiger partial charge in [-0.15, -0.1) is 0 Å². The molecule has 11 nitrogen and oxygen atoms in total. The molecule has 0 unspecified atom stereocenters. The van der Waals surface area contributed by atoms with Gasteiger partial charge in [0.1, 0.15) is 17.4 Å². The van der Waals surface area contributed by atoms with Gasteiger partial charge in [-0.25, -0.2) is 0 Å². The van der Waals surface area contributed by atoms with E-state index in [9.17, 15) is 19.2 Å². The molecule has 2 heterocycles. The SMILES string of the molecule is CCCOc1ccc2oc(C(=O)N[C@H](Cc3ccc(Cl)cc3)C(=O)N3CCN(c4ccccc4C(=O)NCCN(C)C)CC3)cc(=O)c2c1. The molecule has 49 heavy (non-hydrogen) atoms. The molecule has 0 saturated carbocycles. The van der Waals surface area contributed by atoms with Gasteiger partial charge in [-0.1, -0.05) is 42.8 Å². The highest BCUT2D eigenvalue weighted by atomic mass is 35.5. The second kappa shape index (κ2) is 16.5. The van der Waals surface area contributed by atoms with Crippen molar-refractivity contribution in [3.05, 3.63) is 105 Å². The summed E-state index contributed by atoms with van der Waals surface area (Å²) in [5, 5.41) is 6.66. The summed E-state index contributed by atoms with van der Waals surface area (Å²) in [6.45, 7) is 5.52. The van der Waals surface area contributed by atoms with E-state index in [1.54, 1.807) is 41.3 Å². The van der Waals surface area contributed by atoms with Crippen LogP contribution in [0.15, 0.2) is 82.0 Å². The van der Waals surface area contributed by atoms with Gasteiger partial charge in [-0.2, -0.15) is 0 Å². The molecule has 258 valence electrons. The Morgan fingerprint density at radius 1 is 0.959 bits per heavy atom. The van der Waals surface area contributed by atoms with Crippen LogP contribution >= 0.6 is 11.6 Å². The number of ether oxygens (including phenoxy) is 1. The molecule has 12 heteroatoms. The van der Waals surface area contributed by atoms with Gasteiger partial charge < -0.3 is 34.5 Å². The number of fused-ring (bicyclic) bond motifs is 1. The monoisotopic (exact) mass is 687 g/mol. The van der Waals surface area contributed by atoms with Crippen LogP contribution in [0.5, 0.6) is 5.75 Å². The van der Waals surface area contributed by atoms with Crippen molar-refractivity contribution in [1.29, 1.82) is 0 Å². The van der Waals surface area contributed by atoms with E-state index in [0.717, 1.165) is 30.3 Å². The number of rotatable bonds is 13. The largest absolute Gasteiger partial charge is 0.494 e. The van der Waals surface area contributed by atoms with Crippen molar-refractivity contribution in [1.82, 2.24) is 20.4 Å². The lowest BCUT2D eigenvalue weighted by Crippen LogP contribution is -2.55. The second-order valence-electron chi connectivity index (χ2n) is 12.2. The van der Waals surface area contributed by atoms with Gasteiger partial charge in [0, 0.05) is 62.5 Å². The van der Waals surface area contributed by atoms with Gasteiger partial charge in [0.15, 0.2) is 11.2 Å². The lowest BCUT2D eigenvalue weighted by atomic mass is 10.0. The highest BCUT2D eigenvalue weighted by Crippen LogP contribution is 2.23. The number of carbonyl (C=O) groups is 3. The summed E-state index contributed by atoms with van der Waals surface area (Å²) in [6, 6.07) is 19.6. The molecule has 1 aliphatic heterocycles. The fraction of sp³-hybridized carbons (Fsp3) is 0.351. The van der Waals surface area contributed by atoms with Gasteiger partial charge in [-0.3, -0.25) is 19.2 Å². The summed E-state index contributed by atoms with van der Waals surface area (Å²) in [5.74, 6) is -0.741. The first-order valence-electron chi connectivity index (χ1n) is 16.4. The summed E-state index contributed by atoms with van der Waals surface area (Å²) in [6.07, 6.45) is 1.02. The predicted molar refractivity (Wildman–Crippen MR) is 191 cm³/mol. The van der Waals surface area contributed by atoms with E-state index < -0.39 is 17.4 Å². The van der Waals surface area contributed by atoms with Gasteiger partial charge in [0.05, 0.1) is 17.6 Å². The van der Waals surface area contributed by atoms with Crippen molar-refractivity contribution in [2.24, 2.45) is 0 Å². The van der Waals surface area contributed by atoms with Crippen LogP contribution in [0.25, 0.3) is 11.0 Å².